The highest BCUT2D eigenvalue weighted by Gasteiger charge is 2.60. The highest BCUT2D eigenvalue weighted by Crippen LogP contribution is 2.39. The normalized spacial score (nSPS) is 29.7. The molecule has 2 heterocycles. The van der Waals surface area contributed by atoms with E-state index in [1.807, 2.05) is 0 Å². The van der Waals surface area contributed by atoms with Gasteiger partial charge >= 0.3 is 5.97 Å². The number of hydrogen-bond donors (Lipinski definition) is 0. The molecule has 2 rings (SSSR count). The van der Waals surface area contributed by atoms with Crippen LogP contribution in [0, 0.1) is 0 Å². The van der Waals surface area contributed by atoms with Crippen LogP contribution >= 0.6 is 11.6 Å². The fourth-order valence-electron chi connectivity index (χ4n) is 2.01. The van der Waals surface area contributed by atoms with E-state index in [9.17, 15) is 18.0 Å². The summed E-state index contributed by atoms with van der Waals surface area (Å²) in [6.45, 7) is 0. The van der Waals surface area contributed by atoms with E-state index < -0.39 is 38.9 Å². The molecule has 0 aromatic rings. The van der Waals surface area contributed by atoms with E-state index in [-0.39, 0.29) is 10.7 Å². The Morgan fingerprint density at radius 2 is 2.06 bits per heavy atom. The molecule has 18 heavy (non-hydrogen) atoms. The van der Waals surface area contributed by atoms with Crippen LogP contribution in [0.4, 0.5) is 0 Å². The minimum Gasteiger partial charge on any atom is -0.464 e. The van der Waals surface area contributed by atoms with Gasteiger partial charge in [0.25, 0.3) is 5.91 Å². The third-order valence-electron chi connectivity index (χ3n) is 2.82. The van der Waals surface area contributed by atoms with Gasteiger partial charge < -0.3 is 9.47 Å². The van der Waals surface area contributed by atoms with Crippen molar-refractivity contribution < 1.29 is 27.5 Å². The Morgan fingerprint density at radius 3 is 2.56 bits per heavy atom. The zero-order chi connectivity index (χ0) is 13.7. The van der Waals surface area contributed by atoms with Gasteiger partial charge in [-0.05, 0) is 0 Å². The first-order valence-corrected chi connectivity index (χ1v) is 6.99. The number of nitrogens with zero attached hydrogens (tertiary/aromatic N) is 1. The second-order valence-electron chi connectivity index (χ2n) is 3.81. The molecular weight excluding hydrogens is 286 g/mol. The second kappa shape index (κ2) is 4.22. The van der Waals surface area contributed by atoms with Crippen molar-refractivity contribution in [1.82, 2.24) is 4.90 Å². The van der Waals surface area contributed by atoms with E-state index in [0.717, 1.165) is 12.0 Å². The number of carbonyl (C=O) groups is 2. The van der Waals surface area contributed by atoms with Crippen LogP contribution in [0.1, 0.15) is 0 Å². The molecule has 2 unspecified atom stereocenters. The lowest BCUT2D eigenvalue weighted by Crippen LogP contribution is -2.70. The van der Waals surface area contributed by atoms with Crippen LogP contribution < -0.4 is 0 Å². The molecule has 2 atom stereocenters. The van der Waals surface area contributed by atoms with Crippen LogP contribution in [0.25, 0.3) is 0 Å². The van der Waals surface area contributed by atoms with Crippen molar-refractivity contribution >= 4 is 33.3 Å². The molecule has 2 aliphatic heterocycles. The molecule has 0 radical (unpaired) electrons. The van der Waals surface area contributed by atoms with Gasteiger partial charge in [-0.2, -0.15) is 0 Å². The quantitative estimate of drug-likeness (QED) is 0.490. The number of sulfone groups is 1. The fraction of sp³-hybridized carbons (Fsp3) is 0.556. The average molecular weight is 296 g/mol. The lowest BCUT2D eigenvalue weighted by atomic mass is 10.1. The first-order valence-electron chi connectivity index (χ1n) is 4.89. The molecule has 2 aliphatic rings. The maximum atomic E-state index is 11.9. The molecule has 0 N–H and O–H groups in total. The summed E-state index contributed by atoms with van der Waals surface area (Å²) in [5, 5.41) is -1.42. The molecule has 100 valence electrons. The highest BCUT2D eigenvalue weighted by atomic mass is 35.5. The first kappa shape index (κ1) is 13.3. The maximum Gasteiger partial charge on any atom is 0.356 e. The molecule has 0 spiro atoms. The number of methoxy groups -OCH3 is 2. The van der Waals surface area contributed by atoms with Gasteiger partial charge in [0.15, 0.2) is 21.3 Å². The van der Waals surface area contributed by atoms with Gasteiger partial charge in [-0.1, -0.05) is 11.6 Å². The van der Waals surface area contributed by atoms with E-state index in [1.54, 1.807) is 0 Å². The Hall–Kier alpha value is -1.12. The summed E-state index contributed by atoms with van der Waals surface area (Å²) in [5.41, 5.74) is -0.225. The van der Waals surface area contributed by atoms with Gasteiger partial charge in [0.05, 0.1) is 17.9 Å². The third-order valence-corrected chi connectivity index (χ3v) is 5.18. The number of hydrogen-bond acceptors (Lipinski definition) is 6. The Kier molecular flexibility index (Phi) is 3.12. The second-order valence-corrected chi connectivity index (χ2v) is 6.36. The Balaban J connectivity index is 2.52. The first-order chi connectivity index (χ1) is 8.35. The predicted octanol–water partition coefficient (Wildman–Crippen LogP) is -0.779. The van der Waals surface area contributed by atoms with E-state index in [0.29, 0.717) is 0 Å². The van der Waals surface area contributed by atoms with E-state index in [1.165, 1.54) is 7.11 Å². The summed E-state index contributed by atoms with van der Waals surface area (Å²) in [6, 6.07) is 0. The van der Waals surface area contributed by atoms with Crippen molar-refractivity contribution in [2.75, 3.05) is 20.0 Å². The molecule has 0 aromatic carbocycles. The summed E-state index contributed by atoms with van der Waals surface area (Å²) in [7, 11) is -1.31. The average Bonchev–Trinajstić information content (AvgIpc) is 2.29. The summed E-state index contributed by atoms with van der Waals surface area (Å²) < 4.78 is 33.1. The smallest absolute Gasteiger partial charge is 0.356 e. The molecule has 7 nitrogen and oxygen atoms in total. The maximum absolute atomic E-state index is 11.9. The number of carbonyl (C=O) groups excluding carboxylic acids is 2. The summed E-state index contributed by atoms with van der Waals surface area (Å²) in [6.07, 6.45) is -1.10. The number of ether oxygens (including phenoxy) is 2. The molecule has 0 saturated carbocycles. The van der Waals surface area contributed by atoms with E-state index in [4.69, 9.17) is 16.3 Å². The van der Waals surface area contributed by atoms with Gasteiger partial charge in [-0.15, -0.1) is 0 Å². The van der Waals surface area contributed by atoms with Crippen molar-refractivity contribution in [1.29, 1.82) is 0 Å². The van der Waals surface area contributed by atoms with Crippen molar-refractivity contribution in [2.45, 2.75) is 11.5 Å². The van der Waals surface area contributed by atoms with Gasteiger partial charge in [0.1, 0.15) is 5.70 Å². The lowest BCUT2D eigenvalue weighted by molar-refractivity contribution is -0.163. The minimum absolute atomic E-state index is 0.221. The molecule has 0 aliphatic carbocycles. The van der Waals surface area contributed by atoms with Crippen molar-refractivity contribution in [3.63, 3.8) is 0 Å². The number of halogens is 1. The predicted molar refractivity (Wildman–Crippen MR) is 60.1 cm³/mol. The standard InChI is InChI=1S/C9H10ClNO6S/c1-16-6-7(12)11-5(9(13)17-2)4(10)3-18(14,15)8(6)11/h6,8H,3H2,1-2H3. The van der Waals surface area contributed by atoms with Gasteiger partial charge in [-0.25, -0.2) is 13.2 Å². The van der Waals surface area contributed by atoms with Gasteiger partial charge in [0.2, 0.25) is 0 Å². The highest BCUT2D eigenvalue weighted by molar-refractivity contribution is 7.92. The minimum atomic E-state index is -3.66. The Labute approximate surface area is 108 Å². The van der Waals surface area contributed by atoms with Crippen LogP contribution in [0.15, 0.2) is 10.7 Å². The lowest BCUT2D eigenvalue weighted by Gasteiger charge is -2.47. The van der Waals surface area contributed by atoms with Crippen molar-refractivity contribution in [3.8, 4) is 0 Å². The van der Waals surface area contributed by atoms with Crippen molar-refractivity contribution in [2.24, 2.45) is 0 Å². The zero-order valence-corrected chi connectivity index (χ0v) is 11.1. The van der Waals surface area contributed by atoms with Crippen LogP contribution in [-0.4, -0.2) is 56.6 Å². The molecule has 1 saturated heterocycles. The molecule has 0 bridgehead atoms. The van der Waals surface area contributed by atoms with Crippen LogP contribution in [-0.2, 0) is 28.9 Å². The summed E-state index contributed by atoms with van der Waals surface area (Å²) in [5.74, 6) is -1.97. The number of β-lactam (4-membered cyclic amide) rings is 1. The van der Waals surface area contributed by atoms with E-state index >= 15 is 0 Å². The molecule has 0 aromatic heterocycles. The Morgan fingerprint density at radius 1 is 1.44 bits per heavy atom. The Bertz CT molecular complexity index is 553. The summed E-state index contributed by atoms with van der Waals surface area (Å²) >= 11 is 5.76. The molecule has 1 fully saturated rings. The topological polar surface area (TPSA) is 90.0 Å². The number of rotatable bonds is 2. The fourth-order valence-corrected chi connectivity index (χ4v) is 4.43. The van der Waals surface area contributed by atoms with Crippen molar-refractivity contribution in [3.05, 3.63) is 10.7 Å². The molecule has 9 heteroatoms. The number of amides is 1. The number of esters is 1. The zero-order valence-electron chi connectivity index (χ0n) is 9.54. The molecule has 1 amide bonds. The van der Waals surface area contributed by atoms with Gasteiger partial charge in [0, 0.05) is 7.11 Å². The van der Waals surface area contributed by atoms with Crippen LogP contribution in [0.3, 0.4) is 0 Å². The van der Waals surface area contributed by atoms with E-state index in [2.05, 4.69) is 4.74 Å². The van der Waals surface area contributed by atoms with Crippen LogP contribution in [0.2, 0.25) is 0 Å². The largest absolute Gasteiger partial charge is 0.464 e. The third kappa shape index (κ3) is 1.63. The monoisotopic (exact) mass is 295 g/mol. The van der Waals surface area contributed by atoms with Gasteiger partial charge in [-0.3, -0.25) is 9.69 Å². The number of fused-ring (bicyclic) bond motifs is 1. The summed E-state index contributed by atoms with van der Waals surface area (Å²) in [4.78, 5) is 24.1. The van der Waals surface area contributed by atoms with Crippen LogP contribution in [0.5, 0.6) is 0 Å². The SMILES string of the molecule is COC(=O)C1=C(Cl)CS(=O)(=O)C2C(OC)C(=O)N12. The molecular formula is C9H10ClNO6S.